The van der Waals surface area contributed by atoms with Crippen molar-refractivity contribution in [3.63, 3.8) is 0 Å². The zero-order valence-corrected chi connectivity index (χ0v) is 9.25. The molecule has 1 saturated carbocycles. The zero-order valence-electron chi connectivity index (χ0n) is 7.66. The summed E-state index contributed by atoms with van der Waals surface area (Å²) >= 11 is 3.45. The maximum atomic E-state index is 9.77. The highest BCUT2D eigenvalue weighted by molar-refractivity contribution is 9.10. The lowest BCUT2D eigenvalue weighted by Crippen LogP contribution is -2.26. The fourth-order valence-electron chi connectivity index (χ4n) is 2.15. The topological polar surface area (TPSA) is 29.5 Å². The number of aliphatic hydroxyl groups is 1. The van der Waals surface area contributed by atoms with Crippen molar-refractivity contribution < 1.29 is 9.84 Å². The van der Waals surface area contributed by atoms with Crippen molar-refractivity contribution in [1.29, 1.82) is 0 Å². The van der Waals surface area contributed by atoms with Crippen molar-refractivity contribution >= 4 is 15.9 Å². The molecule has 1 aromatic carbocycles. The lowest BCUT2D eigenvalue weighted by Gasteiger charge is -2.29. The van der Waals surface area contributed by atoms with Gasteiger partial charge in [0.15, 0.2) is 0 Å². The van der Waals surface area contributed by atoms with Crippen LogP contribution in [0.15, 0.2) is 22.7 Å². The third kappa shape index (κ3) is 1.16. The molecule has 0 bridgehead atoms. The molecule has 2 nitrogen and oxygen atoms in total. The summed E-state index contributed by atoms with van der Waals surface area (Å²) in [7, 11) is 0. The molecule has 0 amide bonds. The van der Waals surface area contributed by atoms with Gasteiger partial charge in [-0.3, -0.25) is 0 Å². The molecule has 1 heterocycles. The second-order valence-electron chi connectivity index (χ2n) is 4.05. The molecule has 1 atom stereocenters. The van der Waals surface area contributed by atoms with Gasteiger partial charge in [0.1, 0.15) is 6.10 Å². The minimum Gasteiger partial charge on any atom is -0.386 e. The minimum atomic E-state index is -0.454. The maximum Gasteiger partial charge on any atom is 0.103 e. The molecule has 1 aliphatic carbocycles. The minimum absolute atomic E-state index is 0.0572. The monoisotopic (exact) mass is 254 g/mol. The number of benzene rings is 1. The summed E-state index contributed by atoms with van der Waals surface area (Å²) in [6, 6.07) is 6.04. The Morgan fingerprint density at radius 2 is 2.21 bits per heavy atom. The van der Waals surface area contributed by atoms with Gasteiger partial charge < -0.3 is 9.84 Å². The van der Waals surface area contributed by atoms with E-state index in [1.807, 2.05) is 12.1 Å². The first-order valence-corrected chi connectivity index (χ1v) is 5.63. The molecule has 1 N–H and O–H groups in total. The Hall–Kier alpha value is -0.380. The van der Waals surface area contributed by atoms with E-state index >= 15 is 0 Å². The lowest BCUT2D eigenvalue weighted by atomic mass is 9.94. The first kappa shape index (κ1) is 8.89. The highest BCUT2D eigenvalue weighted by atomic mass is 79.9. The second-order valence-corrected chi connectivity index (χ2v) is 4.97. The second kappa shape index (κ2) is 2.81. The van der Waals surface area contributed by atoms with Crippen molar-refractivity contribution in [3.05, 3.63) is 33.8 Å². The number of ether oxygens (including phenoxy) is 1. The number of aliphatic hydroxyl groups excluding tert-OH is 1. The van der Waals surface area contributed by atoms with Gasteiger partial charge in [-0.1, -0.05) is 22.0 Å². The Kier molecular flexibility index (Phi) is 1.79. The van der Waals surface area contributed by atoms with Gasteiger partial charge in [0.05, 0.1) is 12.2 Å². The van der Waals surface area contributed by atoms with Crippen LogP contribution in [0, 0.1) is 0 Å². The predicted octanol–water partition coefficient (Wildman–Crippen LogP) is 2.50. The third-order valence-corrected chi connectivity index (χ3v) is 3.58. The highest BCUT2D eigenvalue weighted by Gasteiger charge is 2.50. The molecule has 0 aromatic heterocycles. The normalized spacial score (nSPS) is 27.4. The fraction of sp³-hybridized carbons (Fsp3) is 0.455. The Bertz CT molecular complexity index is 385. The molecule has 0 saturated heterocycles. The van der Waals surface area contributed by atoms with Crippen molar-refractivity contribution in [2.75, 3.05) is 6.61 Å². The van der Waals surface area contributed by atoms with Crippen LogP contribution in [0.25, 0.3) is 0 Å². The number of hydrogen-bond acceptors (Lipinski definition) is 2. The van der Waals surface area contributed by atoms with Gasteiger partial charge in [-0.2, -0.15) is 0 Å². The van der Waals surface area contributed by atoms with E-state index < -0.39 is 6.10 Å². The Balaban J connectivity index is 2.17. The van der Waals surface area contributed by atoms with Crippen LogP contribution in [0.3, 0.4) is 0 Å². The summed E-state index contributed by atoms with van der Waals surface area (Å²) < 4.78 is 6.76. The van der Waals surface area contributed by atoms with Gasteiger partial charge >= 0.3 is 0 Å². The summed E-state index contributed by atoms with van der Waals surface area (Å²) in [6.45, 7) is 0.439. The first-order chi connectivity index (χ1) is 6.71. The molecule has 2 aliphatic rings. The standard InChI is InChI=1S/C11H11BrO2/c12-7-1-2-8-9(5-7)11(3-4-11)14-6-10(8)13/h1-2,5,10,13H,3-4,6H2/t10-/m0/s1. The first-order valence-electron chi connectivity index (χ1n) is 4.83. The number of hydrogen-bond donors (Lipinski definition) is 1. The molecule has 0 unspecified atom stereocenters. The molecule has 74 valence electrons. The van der Waals surface area contributed by atoms with Crippen LogP contribution < -0.4 is 0 Å². The third-order valence-electron chi connectivity index (χ3n) is 3.09. The molecular formula is C11H11BrO2. The molecular weight excluding hydrogens is 244 g/mol. The van der Waals surface area contributed by atoms with Crippen LogP contribution in [0.1, 0.15) is 30.1 Å². The molecule has 1 spiro atoms. The highest BCUT2D eigenvalue weighted by Crippen LogP contribution is 2.54. The molecule has 3 heteroatoms. The number of rotatable bonds is 0. The zero-order chi connectivity index (χ0) is 9.76. The van der Waals surface area contributed by atoms with Crippen molar-refractivity contribution in [1.82, 2.24) is 0 Å². The van der Waals surface area contributed by atoms with Crippen LogP contribution in [-0.2, 0) is 10.3 Å². The van der Waals surface area contributed by atoms with Crippen LogP contribution >= 0.6 is 15.9 Å². The molecule has 1 fully saturated rings. The molecule has 1 aliphatic heterocycles. The van der Waals surface area contributed by atoms with Crippen molar-refractivity contribution in [3.8, 4) is 0 Å². The van der Waals surface area contributed by atoms with Crippen LogP contribution in [0.5, 0.6) is 0 Å². The largest absolute Gasteiger partial charge is 0.386 e. The van der Waals surface area contributed by atoms with E-state index in [1.165, 1.54) is 5.56 Å². The average Bonchev–Trinajstić information content (AvgIpc) is 2.93. The lowest BCUT2D eigenvalue weighted by molar-refractivity contribution is -0.0465. The summed E-state index contributed by atoms with van der Waals surface area (Å²) in [6.07, 6.45) is 1.72. The molecule has 3 rings (SSSR count). The van der Waals surface area contributed by atoms with Crippen LogP contribution in [0.2, 0.25) is 0 Å². The van der Waals surface area contributed by atoms with Crippen molar-refractivity contribution in [2.45, 2.75) is 24.5 Å². The summed E-state index contributed by atoms with van der Waals surface area (Å²) in [5, 5.41) is 9.77. The molecule has 1 aromatic rings. The molecule has 0 radical (unpaired) electrons. The van der Waals surface area contributed by atoms with E-state index in [4.69, 9.17) is 4.74 Å². The summed E-state index contributed by atoms with van der Waals surface area (Å²) in [5.41, 5.74) is 2.15. The van der Waals surface area contributed by atoms with Gasteiger partial charge in [0.2, 0.25) is 0 Å². The van der Waals surface area contributed by atoms with E-state index in [-0.39, 0.29) is 5.60 Å². The Labute approximate surface area is 91.0 Å². The number of halogens is 1. The van der Waals surface area contributed by atoms with E-state index in [2.05, 4.69) is 22.0 Å². The predicted molar refractivity (Wildman–Crippen MR) is 56.0 cm³/mol. The van der Waals surface area contributed by atoms with E-state index in [1.54, 1.807) is 0 Å². The number of fused-ring (bicyclic) bond motifs is 2. The summed E-state index contributed by atoms with van der Waals surface area (Å²) in [4.78, 5) is 0. The fourth-order valence-corrected chi connectivity index (χ4v) is 2.51. The average molecular weight is 255 g/mol. The van der Waals surface area contributed by atoms with E-state index in [9.17, 15) is 5.11 Å². The quantitative estimate of drug-likeness (QED) is 0.771. The van der Waals surface area contributed by atoms with Gasteiger partial charge in [0, 0.05) is 4.47 Å². The maximum absolute atomic E-state index is 9.77. The van der Waals surface area contributed by atoms with Crippen LogP contribution in [0.4, 0.5) is 0 Å². The SMILES string of the molecule is O[C@H]1COC2(CC2)c2cc(Br)ccc21. The van der Waals surface area contributed by atoms with Gasteiger partial charge in [-0.25, -0.2) is 0 Å². The Morgan fingerprint density at radius 3 is 2.93 bits per heavy atom. The van der Waals surface area contributed by atoms with Crippen molar-refractivity contribution in [2.24, 2.45) is 0 Å². The van der Waals surface area contributed by atoms with E-state index in [0.717, 1.165) is 22.9 Å². The molecule has 14 heavy (non-hydrogen) atoms. The van der Waals surface area contributed by atoms with E-state index in [0.29, 0.717) is 6.61 Å². The smallest absolute Gasteiger partial charge is 0.103 e. The van der Waals surface area contributed by atoms with Gasteiger partial charge in [0.25, 0.3) is 0 Å². The van der Waals surface area contributed by atoms with Gasteiger partial charge in [-0.15, -0.1) is 0 Å². The van der Waals surface area contributed by atoms with Gasteiger partial charge in [-0.05, 0) is 36.1 Å². The Morgan fingerprint density at radius 1 is 1.43 bits per heavy atom. The van der Waals surface area contributed by atoms with Crippen LogP contribution in [-0.4, -0.2) is 11.7 Å². The summed E-state index contributed by atoms with van der Waals surface area (Å²) in [5.74, 6) is 0.